The summed E-state index contributed by atoms with van der Waals surface area (Å²) in [7, 11) is 4.17. The Morgan fingerprint density at radius 1 is 1.12 bits per heavy atom. The number of hydrogen-bond acceptors (Lipinski definition) is 14. The van der Waals surface area contributed by atoms with Crippen molar-refractivity contribution < 1.29 is 54.4 Å². The van der Waals surface area contributed by atoms with Crippen LogP contribution in [-0.4, -0.2) is 103 Å². The van der Waals surface area contributed by atoms with E-state index in [0.717, 1.165) is 11.8 Å². The third-order valence-electron chi connectivity index (χ3n) is 10.3. The van der Waals surface area contributed by atoms with Crippen molar-refractivity contribution >= 4 is 44.4 Å². The molecule has 0 spiro atoms. The smallest absolute Gasteiger partial charge is 0.229 e. The number of phenolic OH excluding ortho intramolecular Hbond substituents is 1. The second-order valence-electron chi connectivity index (χ2n) is 13.3. The maximum atomic E-state index is 13.8. The van der Waals surface area contributed by atoms with Gasteiger partial charge in [-0.25, -0.2) is 0 Å². The molecule has 6 rings (SSSR count). The van der Waals surface area contributed by atoms with Gasteiger partial charge in [0.05, 0.1) is 24.7 Å². The molecule has 1 aliphatic carbocycles. The first-order chi connectivity index (χ1) is 24.4. The van der Waals surface area contributed by atoms with E-state index in [9.17, 15) is 40.2 Å². The van der Waals surface area contributed by atoms with E-state index in [-0.39, 0.29) is 41.1 Å². The van der Waals surface area contributed by atoms with Crippen LogP contribution < -0.4 is 15.2 Å². The van der Waals surface area contributed by atoms with Gasteiger partial charge in [0, 0.05) is 47.4 Å². The fourth-order valence-corrected chi connectivity index (χ4v) is 10.7. The Bertz CT molecular complexity index is 1790. The third kappa shape index (κ3) is 6.89. The van der Waals surface area contributed by atoms with Crippen molar-refractivity contribution in [1.82, 2.24) is 0 Å². The Labute approximate surface area is 303 Å². The van der Waals surface area contributed by atoms with Crippen molar-refractivity contribution in [2.24, 2.45) is 17.6 Å². The molecule has 51 heavy (non-hydrogen) atoms. The molecule has 12 nitrogen and oxygen atoms in total. The number of phenols is 1. The summed E-state index contributed by atoms with van der Waals surface area (Å²) in [4.78, 5) is 25.9. The number of Topliss-reactive ketones (excluding diaryl/α,β-unsaturated/α-hetero) is 1. The molecule has 1 fully saturated rings. The van der Waals surface area contributed by atoms with E-state index in [4.69, 9.17) is 19.9 Å². The first-order valence-electron chi connectivity index (χ1n) is 16.7. The highest BCUT2D eigenvalue weighted by Gasteiger charge is 2.59. The number of aliphatic hydroxyl groups is 5. The van der Waals surface area contributed by atoms with Crippen LogP contribution in [0.25, 0.3) is 10.8 Å². The Morgan fingerprint density at radius 3 is 2.55 bits per heavy atom. The molecule has 0 amide bonds. The van der Waals surface area contributed by atoms with Crippen LogP contribution in [0.15, 0.2) is 54.6 Å². The largest absolute Gasteiger partial charge is 0.506 e. The fraction of sp³-hybridized carbons (Fsp3) is 0.459. The summed E-state index contributed by atoms with van der Waals surface area (Å²) in [6.45, 7) is 1.19. The lowest BCUT2D eigenvalue weighted by Crippen LogP contribution is -2.69. The molecule has 0 unspecified atom stereocenters. The number of benzene rings is 3. The van der Waals surface area contributed by atoms with Gasteiger partial charge >= 0.3 is 0 Å². The lowest BCUT2D eigenvalue weighted by Gasteiger charge is -2.53. The average molecular weight is 742 g/mol. The second-order valence-corrected chi connectivity index (χ2v) is 16.0. The van der Waals surface area contributed by atoms with E-state index in [1.54, 1.807) is 19.1 Å². The van der Waals surface area contributed by atoms with Crippen LogP contribution in [0.1, 0.15) is 39.9 Å². The number of aldehydes is 1. The first kappa shape index (κ1) is 37.6. The maximum absolute atomic E-state index is 13.8. The van der Waals surface area contributed by atoms with Gasteiger partial charge in [-0.2, -0.15) is 0 Å². The molecule has 0 aromatic heterocycles. The summed E-state index contributed by atoms with van der Waals surface area (Å²) in [5.74, 6) is -1.85. The highest BCUT2D eigenvalue weighted by Crippen LogP contribution is 2.50. The van der Waals surface area contributed by atoms with Crippen molar-refractivity contribution in [3.05, 3.63) is 76.9 Å². The predicted octanol–water partition coefficient (Wildman–Crippen LogP) is 2.57. The lowest BCUT2D eigenvalue weighted by atomic mass is 9.63. The second kappa shape index (κ2) is 15.4. The average Bonchev–Trinajstić information content (AvgIpc) is 3.11. The predicted molar refractivity (Wildman–Crippen MR) is 193 cm³/mol. The molecular weight excluding hydrogens is 699 g/mol. The number of hydrogen-bond donors (Lipinski definition) is 7. The number of carbonyl (C=O) groups is 2. The van der Waals surface area contributed by atoms with Crippen molar-refractivity contribution in [3.63, 3.8) is 0 Å². The number of aromatic hydroxyl groups is 1. The molecule has 0 saturated carbocycles. The third-order valence-corrected chi connectivity index (χ3v) is 13.1. The lowest BCUT2D eigenvalue weighted by molar-refractivity contribution is -0.306. The van der Waals surface area contributed by atoms with Crippen LogP contribution in [0, 0.1) is 18.8 Å². The highest BCUT2D eigenvalue weighted by molar-refractivity contribution is 8.76. The Hall–Kier alpha value is -3.18. The van der Waals surface area contributed by atoms with E-state index in [1.165, 1.54) is 40.8 Å². The van der Waals surface area contributed by atoms with Crippen molar-refractivity contribution in [2.75, 3.05) is 12.9 Å². The minimum absolute atomic E-state index is 0.0242. The number of ether oxygens (including phenoxy) is 3. The van der Waals surface area contributed by atoms with Crippen molar-refractivity contribution in [1.29, 1.82) is 0 Å². The van der Waals surface area contributed by atoms with E-state index >= 15 is 0 Å². The molecule has 3 aromatic carbocycles. The molecule has 3 aromatic rings. The summed E-state index contributed by atoms with van der Waals surface area (Å²) in [5, 5.41) is 68.7. The zero-order valence-electron chi connectivity index (χ0n) is 28.1. The van der Waals surface area contributed by atoms with Crippen LogP contribution in [0.4, 0.5) is 0 Å². The highest BCUT2D eigenvalue weighted by atomic mass is 33.1. The van der Waals surface area contributed by atoms with Gasteiger partial charge in [0.25, 0.3) is 0 Å². The zero-order valence-corrected chi connectivity index (χ0v) is 29.8. The van der Waals surface area contributed by atoms with E-state index in [2.05, 4.69) is 0 Å². The topological polar surface area (TPSA) is 209 Å². The standard InChI is InChI=1S/C37H43NO11S2/c1-18-14-21-22(17-40)25(47-2)16-26-29(21)31(42)28(18)24(41)10-13-50-51-27(15-19-6-4-3-5-7-19)30-20(9-12-39)23(38)8-11-37(30,46)35-33(44)32(43)34(45)36(48-26)49-35/h3-8,11-12,14,16,20,23,27,30,32-36,40,42-46H,9-10,13,15,17,38H2,1-2H3/t20-,23+,27-,30-,32+,33+,34-,35-,36+,37+/m1/s1. The molecule has 0 radical (unpaired) electrons. The van der Waals surface area contributed by atoms with Crippen molar-refractivity contribution in [2.45, 2.75) is 80.4 Å². The summed E-state index contributed by atoms with van der Waals surface area (Å²) >= 11 is 0. The van der Waals surface area contributed by atoms with Gasteiger partial charge < -0.3 is 55.4 Å². The van der Waals surface area contributed by atoms with Gasteiger partial charge in [-0.15, -0.1) is 0 Å². The monoisotopic (exact) mass is 741 g/mol. The maximum Gasteiger partial charge on any atom is 0.229 e. The van der Waals surface area contributed by atoms with Crippen LogP contribution in [0.3, 0.4) is 0 Å². The van der Waals surface area contributed by atoms with Gasteiger partial charge in [-0.05, 0) is 41.8 Å². The molecule has 4 bridgehead atoms. The van der Waals surface area contributed by atoms with Crippen molar-refractivity contribution in [3.8, 4) is 17.2 Å². The number of fused-ring (bicyclic) bond motifs is 5. The van der Waals surface area contributed by atoms with Gasteiger partial charge in [0.1, 0.15) is 53.6 Å². The zero-order chi connectivity index (χ0) is 36.6. The van der Waals surface area contributed by atoms with E-state index < -0.39 is 71.8 Å². The molecule has 2 aliphatic heterocycles. The van der Waals surface area contributed by atoms with Crippen LogP contribution in [0.2, 0.25) is 0 Å². The number of rotatable bonds is 6. The molecule has 14 heteroatoms. The van der Waals surface area contributed by atoms with Gasteiger partial charge in [0.15, 0.2) is 5.78 Å². The Morgan fingerprint density at radius 2 is 1.86 bits per heavy atom. The minimum atomic E-state index is -2.06. The summed E-state index contributed by atoms with van der Waals surface area (Å²) in [6.07, 6.45) is -4.74. The summed E-state index contributed by atoms with van der Waals surface area (Å²) in [6, 6.07) is 11.9. The molecule has 2 heterocycles. The molecule has 10 atom stereocenters. The molecule has 274 valence electrons. The molecule has 1 saturated heterocycles. The Balaban J connectivity index is 1.55. The summed E-state index contributed by atoms with van der Waals surface area (Å²) < 4.78 is 18.0. The quantitative estimate of drug-likeness (QED) is 0.110. The molecule has 3 aliphatic rings. The number of nitrogens with two attached hydrogens (primary N) is 1. The number of methoxy groups -OCH3 is 1. The number of aliphatic hydroxyl groups excluding tert-OH is 4. The van der Waals surface area contributed by atoms with Crippen LogP contribution in [0.5, 0.6) is 17.2 Å². The normalized spacial score (nSPS) is 32.7. The number of ketones is 1. The van der Waals surface area contributed by atoms with Gasteiger partial charge in [-0.3, -0.25) is 4.79 Å². The molecular formula is C37H43NO11S2. The number of aryl methyl sites for hydroxylation is 1. The molecule has 8 N–H and O–H groups in total. The van der Waals surface area contributed by atoms with E-state index in [0.29, 0.717) is 28.7 Å². The van der Waals surface area contributed by atoms with Crippen LogP contribution in [-0.2, 0) is 22.6 Å². The van der Waals surface area contributed by atoms with Gasteiger partial charge in [-0.1, -0.05) is 64.1 Å². The van der Waals surface area contributed by atoms with Crippen LogP contribution >= 0.6 is 21.6 Å². The van der Waals surface area contributed by atoms with E-state index in [1.807, 2.05) is 30.3 Å². The summed E-state index contributed by atoms with van der Waals surface area (Å²) in [5.41, 5.74) is 6.28. The fourth-order valence-electron chi connectivity index (χ4n) is 7.78. The van der Waals surface area contributed by atoms with Gasteiger partial charge in [0.2, 0.25) is 6.29 Å². The SMILES string of the molecule is COc1cc2c3c(O)c(c(C)cc3c1CO)C(=O)CCSS[C@H](Cc1ccccc1)[C@H]1[C@H](CC=O)[C@@H](N)C=C[C@@]1(O)[C@@H]1O[C@H](O2)[C@H](O)[C@@H](O)[C@@H]1O. The number of carbonyl (C=O) groups excluding carboxylic acids is 2. The Kier molecular flexibility index (Phi) is 11.4. The first-order valence-corrected chi connectivity index (χ1v) is 19.1. The minimum Gasteiger partial charge on any atom is -0.506 e.